The number of nitrogens with zero attached hydrogens (tertiary/aromatic N) is 1. The number of urea groups is 1. The molecule has 5 heteroatoms. The van der Waals surface area contributed by atoms with Gasteiger partial charge in [-0.1, -0.05) is 0 Å². The second-order valence-electron chi connectivity index (χ2n) is 5.42. The largest absolute Gasteiger partial charge is 0.466 e. The topological polar surface area (TPSA) is 65.7 Å². The molecule has 1 rings (SSSR count). The second-order valence-corrected chi connectivity index (χ2v) is 5.42. The first-order valence-electron chi connectivity index (χ1n) is 6.54. The van der Waals surface area contributed by atoms with Crippen molar-refractivity contribution in [3.8, 4) is 0 Å². The van der Waals surface area contributed by atoms with Crippen LogP contribution in [0.4, 0.5) is 4.79 Å². The van der Waals surface area contributed by atoms with E-state index in [1.807, 2.05) is 26.8 Å². The van der Waals surface area contributed by atoms with Gasteiger partial charge >= 0.3 is 6.03 Å². The lowest BCUT2D eigenvalue weighted by molar-refractivity contribution is 0.0479. The van der Waals surface area contributed by atoms with E-state index >= 15 is 0 Å². The quantitative estimate of drug-likeness (QED) is 0.860. The maximum Gasteiger partial charge on any atom is 0.317 e. The number of aliphatic hydroxyl groups is 1. The highest BCUT2D eigenvalue weighted by molar-refractivity contribution is 5.74. The summed E-state index contributed by atoms with van der Waals surface area (Å²) in [6.45, 7) is 10.3. The molecule has 0 aliphatic heterocycles. The average Bonchev–Trinajstić information content (AvgIpc) is 2.60. The van der Waals surface area contributed by atoms with Gasteiger partial charge in [-0.2, -0.15) is 0 Å². The molecule has 0 aliphatic rings. The minimum Gasteiger partial charge on any atom is -0.466 e. The van der Waals surface area contributed by atoms with Crippen molar-refractivity contribution in [1.82, 2.24) is 10.2 Å². The molecule has 1 aromatic rings. The minimum absolute atomic E-state index is 0.178. The van der Waals surface area contributed by atoms with Crippen LogP contribution in [-0.4, -0.2) is 34.7 Å². The fraction of sp³-hybridized carbons (Fsp3) is 0.643. The molecule has 0 bridgehead atoms. The molecule has 19 heavy (non-hydrogen) atoms. The van der Waals surface area contributed by atoms with E-state index in [0.717, 1.165) is 17.1 Å². The van der Waals surface area contributed by atoms with Crippen LogP contribution in [-0.2, 0) is 6.54 Å². The molecule has 0 fully saturated rings. The van der Waals surface area contributed by atoms with Crippen LogP contribution < -0.4 is 5.32 Å². The summed E-state index contributed by atoms with van der Waals surface area (Å²) >= 11 is 0. The molecule has 1 heterocycles. The Kier molecular flexibility index (Phi) is 5.00. The van der Waals surface area contributed by atoms with Crippen molar-refractivity contribution >= 4 is 6.03 Å². The summed E-state index contributed by atoms with van der Waals surface area (Å²) in [6, 6.07) is 1.74. The predicted molar refractivity (Wildman–Crippen MR) is 74.0 cm³/mol. The van der Waals surface area contributed by atoms with Gasteiger partial charge in [-0.05, 0) is 40.7 Å². The lowest BCUT2D eigenvalue weighted by Crippen LogP contribution is -2.46. The Balaban J connectivity index is 2.56. The number of aryl methyl sites for hydroxylation is 2. The molecule has 0 aliphatic carbocycles. The lowest BCUT2D eigenvalue weighted by Gasteiger charge is -2.28. The number of nitrogens with one attached hydrogen (secondary N) is 1. The van der Waals surface area contributed by atoms with Gasteiger partial charge in [-0.15, -0.1) is 0 Å². The van der Waals surface area contributed by atoms with Crippen LogP contribution in [0.1, 0.15) is 37.9 Å². The first-order chi connectivity index (χ1) is 8.73. The number of furan rings is 1. The Morgan fingerprint density at radius 2 is 2.11 bits per heavy atom. The van der Waals surface area contributed by atoms with Gasteiger partial charge in [0.25, 0.3) is 0 Å². The molecular weight excluding hydrogens is 244 g/mol. The summed E-state index contributed by atoms with van der Waals surface area (Å²) in [7, 11) is 0. The van der Waals surface area contributed by atoms with Crippen molar-refractivity contribution in [3.63, 3.8) is 0 Å². The molecule has 108 valence electrons. The van der Waals surface area contributed by atoms with E-state index in [1.54, 1.807) is 18.7 Å². The Morgan fingerprint density at radius 1 is 1.47 bits per heavy atom. The van der Waals surface area contributed by atoms with Crippen molar-refractivity contribution in [2.24, 2.45) is 0 Å². The summed E-state index contributed by atoms with van der Waals surface area (Å²) in [5.74, 6) is 1.66. The van der Waals surface area contributed by atoms with Crippen molar-refractivity contribution in [2.45, 2.75) is 46.8 Å². The minimum atomic E-state index is -0.893. The zero-order valence-corrected chi connectivity index (χ0v) is 12.4. The first-order valence-corrected chi connectivity index (χ1v) is 6.54. The highest BCUT2D eigenvalue weighted by Crippen LogP contribution is 2.13. The van der Waals surface area contributed by atoms with E-state index in [1.165, 1.54) is 0 Å². The molecule has 0 aromatic carbocycles. The highest BCUT2D eigenvalue weighted by Gasteiger charge is 2.21. The number of carbonyl (C=O) groups is 1. The molecule has 0 saturated heterocycles. The van der Waals surface area contributed by atoms with Gasteiger partial charge in [0.05, 0.1) is 12.1 Å². The van der Waals surface area contributed by atoms with Crippen molar-refractivity contribution < 1.29 is 14.3 Å². The number of hydrogen-bond acceptors (Lipinski definition) is 3. The van der Waals surface area contributed by atoms with Crippen molar-refractivity contribution in [2.75, 3.05) is 13.1 Å². The van der Waals surface area contributed by atoms with Crippen molar-refractivity contribution in [1.29, 1.82) is 0 Å². The van der Waals surface area contributed by atoms with Crippen LogP contribution in [0.15, 0.2) is 10.5 Å². The second kappa shape index (κ2) is 6.10. The molecule has 0 saturated carbocycles. The monoisotopic (exact) mass is 268 g/mol. The molecule has 0 atom stereocenters. The number of rotatable bonds is 5. The lowest BCUT2D eigenvalue weighted by atomic mass is 10.1. The third kappa shape index (κ3) is 4.95. The normalized spacial score (nSPS) is 11.5. The SMILES string of the molecule is CCN(CC(C)(C)O)C(=O)NCc1cc(C)oc1C. The van der Waals surface area contributed by atoms with Gasteiger partial charge in [-0.3, -0.25) is 0 Å². The highest BCUT2D eigenvalue weighted by atomic mass is 16.3. The first kappa shape index (κ1) is 15.6. The van der Waals surface area contributed by atoms with Crippen LogP contribution in [0.5, 0.6) is 0 Å². The van der Waals surface area contributed by atoms with Gasteiger partial charge < -0.3 is 19.7 Å². The van der Waals surface area contributed by atoms with Gasteiger partial charge in [-0.25, -0.2) is 4.79 Å². The molecule has 0 radical (unpaired) electrons. The standard InChI is InChI=1S/C14H24N2O3/c1-6-16(9-14(4,5)18)13(17)15-8-12-7-10(2)19-11(12)3/h7,18H,6,8-9H2,1-5H3,(H,15,17). The Bertz CT molecular complexity index is 432. The zero-order valence-electron chi connectivity index (χ0n) is 12.4. The summed E-state index contributed by atoms with van der Waals surface area (Å²) in [5, 5.41) is 12.6. The maximum absolute atomic E-state index is 12.0. The summed E-state index contributed by atoms with van der Waals surface area (Å²) in [5.41, 5.74) is 0.0836. The predicted octanol–water partition coefficient (Wildman–Crippen LogP) is 2.20. The smallest absolute Gasteiger partial charge is 0.317 e. The van der Waals surface area contributed by atoms with E-state index in [9.17, 15) is 9.90 Å². The number of likely N-dealkylation sites (N-methyl/N-ethyl adjacent to an activating group) is 1. The van der Waals surface area contributed by atoms with Crippen LogP contribution in [0.25, 0.3) is 0 Å². The van der Waals surface area contributed by atoms with Crippen LogP contribution in [0.2, 0.25) is 0 Å². The molecule has 5 nitrogen and oxygen atoms in total. The molecule has 2 N–H and O–H groups in total. The number of amides is 2. The Labute approximate surface area is 114 Å². The Hall–Kier alpha value is -1.49. The zero-order chi connectivity index (χ0) is 14.6. The van der Waals surface area contributed by atoms with Crippen LogP contribution in [0, 0.1) is 13.8 Å². The van der Waals surface area contributed by atoms with E-state index in [4.69, 9.17) is 4.42 Å². The van der Waals surface area contributed by atoms with Gasteiger partial charge in [0.2, 0.25) is 0 Å². The third-order valence-electron chi connectivity index (χ3n) is 2.82. The molecule has 0 unspecified atom stereocenters. The molecule has 1 aromatic heterocycles. The van der Waals surface area contributed by atoms with E-state index < -0.39 is 5.60 Å². The fourth-order valence-electron chi connectivity index (χ4n) is 1.94. The Morgan fingerprint density at radius 3 is 2.53 bits per heavy atom. The van der Waals surface area contributed by atoms with Gasteiger partial charge in [0.1, 0.15) is 11.5 Å². The molecular formula is C14H24N2O3. The van der Waals surface area contributed by atoms with Crippen LogP contribution in [0.3, 0.4) is 0 Å². The number of carbonyl (C=O) groups excluding carboxylic acids is 1. The maximum atomic E-state index is 12.0. The van der Waals surface area contributed by atoms with E-state index in [2.05, 4.69) is 5.32 Å². The molecule has 0 spiro atoms. The average molecular weight is 268 g/mol. The molecule has 2 amide bonds. The summed E-state index contributed by atoms with van der Waals surface area (Å²) < 4.78 is 5.41. The summed E-state index contributed by atoms with van der Waals surface area (Å²) in [4.78, 5) is 13.6. The van der Waals surface area contributed by atoms with E-state index in [0.29, 0.717) is 19.6 Å². The van der Waals surface area contributed by atoms with Crippen molar-refractivity contribution in [3.05, 3.63) is 23.2 Å². The van der Waals surface area contributed by atoms with Crippen LogP contribution >= 0.6 is 0 Å². The number of hydrogen-bond donors (Lipinski definition) is 2. The van der Waals surface area contributed by atoms with Gasteiger partial charge in [0.15, 0.2) is 0 Å². The third-order valence-corrected chi connectivity index (χ3v) is 2.82. The van der Waals surface area contributed by atoms with E-state index in [-0.39, 0.29) is 6.03 Å². The fourth-order valence-corrected chi connectivity index (χ4v) is 1.94. The van der Waals surface area contributed by atoms with Gasteiger partial charge in [0, 0.05) is 18.7 Å². The summed E-state index contributed by atoms with van der Waals surface area (Å²) in [6.07, 6.45) is 0.